The Morgan fingerprint density at radius 1 is 1.38 bits per heavy atom. The van der Waals surface area contributed by atoms with Crippen LogP contribution in [-0.4, -0.2) is 64.6 Å². The molecule has 1 aromatic heterocycles. The summed E-state index contributed by atoms with van der Waals surface area (Å²) in [6.45, 7) is 1.10. The Kier molecular flexibility index (Phi) is 4.75. The molecule has 1 amide bonds. The van der Waals surface area contributed by atoms with Crippen molar-refractivity contribution < 1.29 is 14.3 Å². The average molecular weight is 331 g/mol. The van der Waals surface area contributed by atoms with Crippen molar-refractivity contribution in [2.45, 2.75) is 31.5 Å². The van der Waals surface area contributed by atoms with E-state index in [2.05, 4.69) is 15.6 Å². The van der Waals surface area contributed by atoms with Gasteiger partial charge in [0.1, 0.15) is 11.6 Å². The van der Waals surface area contributed by atoms with E-state index < -0.39 is 0 Å². The Labute approximate surface area is 139 Å². The molecule has 1 fully saturated rings. The monoisotopic (exact) mass is 331 g/mol. The number of ether oxygens (including phenoxy) is 1. The minimum absolute atomic E-state index is 0.0425. The van der Waals surface area contributed by atoms with Crippen molar-refractivity contribution in [1.82, 2.24) is 25.2 Å². The van der Waals surface area contributed by atoms with Crippen LogP contribution in [0, 0.1) is 0 Å². The molecule has 2 heterocycles. The third-order valence-electron chi connectivity index (χ3n) is 4.36. The van der Waals surface area contributed by atoms with Crippen LogP contribution in [0.15, 0.2) is 24.3 Å². The van der Waals surface area contributed by atoms with Gasteiger partial charge in [-0.1, -0.05) is 17.3 Å². The highest BCUT2D eigenvalue weighted by atomic mass is 16.5. The number of hydrogen-bond donors (Lipinski definition) is 1. The van der Waals surface area contributed by atoms with E-state index in [1.165, 1.54) is 7.11 Å². The van der Waals surface area contributed by atoms with Gasteiger partial charge in [0.25, 0.3) is 0 Å². The second-order valence-corrected chi connectivity index (χ2v) is 6.03. The molecule has 1 aliphatic rings. The lowest BCUT2D eigenvalue weighted by molar-refractivity contribution is -0.145. The smallest absolute Gasteiger partial charge is 0.323 e. The van der Waals surface area contributed by atoms with Crippen LogP contribution in [0.1, 0.15) is 12.8 Å². The van der Waals surface area contributed by atoms with Gasteiger partial charge in [-0.3, -0.25) is 14.5 Å². The predicted molar refractivity (Wildman–Crippen MR) is 87.1 cm³/mol. The zero-order valence-corrected chi connectivity index (χ0v) is 13.8. The molecule has 0 aliphatic carbocycles. The molecule has 24 heavy (non-hydrogen) atoms. The fourth-order valence-electron chi connectivity index (χ4n) is 3.11. The lowest BCUT2D eigenvalue weighted by Gasteiger charge is -2.15. The van der Waals surface area contributed by atoms with Crippen molar-refractivity contribution in [3.05, 3.63) is 24.3 Å². The number of aryl methyl sites for hydroxylation is 1. The van der Waals surface area contributed by atoms with Gasteiger partial charge in [-0.2, -0.15) is 0 Å². The molecule has 1 saturated heterocycles. The first-order chi connectivity index (χ1) is 11.6. The summed E-state index contributed by atoms with van der Waals surface area (Å²) in [7, 11) is 3.24. The molecule has 0 radical (unpaired) electrons. The molecule has 8 nitrogen and oxygen atoms in total. The number of carbonyl (C=O) groups excluding carboxylic acids is 2. The summed E-state index contributed by atoms with van der Waals surface area (Å²) in [6, 6.07) is 7.31. The van der Waals surface area contributed by atoms with Crippen LogP contribution in [0.3, 0.4) is 0 Å². The van der Waals surface area contributed by atoms with Crippen LogP contribution in [0.25, 0.3) is 11.0 Å². The highest BCUT2D eigenvalue weighted by molar-refractivity contribution is 5.78. The summed E-state index contributed by atoms with van der Waals surface area (Å²) in [6.07, 6.45) is 0.887. The maximum Gasteiger partial charge on any atom is 0.323 e. The maximum atomic E-state index is 12.2. The SMILES string of the molecule is COC(=O)[C@@H]1C[C@@H](NC(=O)CCn2nnc3ccccc32)CN1C. The first-order valence-corrected chi connectivity index (χ1v) is 7.94. The third-order valence-corrected chi connectivity index (χ3v) is 4.36. The number of fused-ring (bicyclic) bond motifs is 1. The summed E-state index contributed by atoms with van der Waals surface area (Å²) in [5.41, 5.74) is 1.73. The van der Waals surface area contributed by atoms with Gasteiger partial charge >= 0.3 is 5.97 Å². The molecule has 0 bridgehead atoms. The Bertz CT molecular complexity index is 744. The van der Waals surface area contributed by atoms with Crippen molar-refractivity contribution in [2.75, 3.05) is 20.7 Å². The Morgan fingerprint density at radius 2 is 2.17 bits per heavy atom. The van der Waals surface area contributed by atoms with E-state index in [0.717, 1.165) is 11.0 Å². The second kappa shape index (κ2) is 6.96. The zero-order valence-electron chi connectivity index (χ0n) is 13.8. The summed E-state index contributed by atoms with van der Waals surface area (Å²) in [5.74, 6) is -0.318. The maximum absolute atomic E-state index is 12.2. The number of amides is 1. The lowest BCUT2D eigenvalue weighted by atomic mass is 10.1. The van der Waals surface area contributed by atoms with Crippen LogP contribution in [-0.2, 0) is 20.9 Å². The van der Waals surface area contributed by atoms with Gasteiger partial charge in [-0.15, -0.1) is 5.10 Å². The second-order valence-electron chi connectivity index (χ2n) is 6.03. The van der Waals surface area contributed by atoms with Crippen LogP contribution >= 0.6 is 0 Å². The Balaban J connectivity index is 1.52. The topological polar surface area (TPSA) is 89.3 Å². The van der Waals surface area contributed by atoms with Crippen molar-refractivity contribution in [1.29, 1.82) is 0 Å². The Hall–Kier alpha value is -2.48. The number of para-hydroxylation sites is 1. The normalized spacial score (nSPS) is 21.1. The molecule has 1 aliphatic heterocycles. The number of carbonyl (C=O) groups is 2. The van der Waals surface area contributed by atoms with Crippen LogP contribution in [0.4, 0.5) is 0 Å². The van der Waals surface area contributed by atoms with Gasteiger partial charge in [0.15, 0.2) is 0 Å². The van der Waals surface area contributed by atoms with Crippen LogP contribution < -0.4 is 5.32 Å². The molecule has 128 valence electrons. The fraction of sp³-hybridized carbons (Fsp3) is 0.500. The summed E-state index contributed by atoms with van der Waals surface area (Å²) < 4.78 is 6.51. The van der Waals surface area contributed by atoms with Gasteiger partial charge < -0.3 is 10.1 Å². The van der Waals surface area contributed by atoms with E-state index in [-0.39, 0.29) is 24.0 Å². The third kappa shape index (κ3) is 3.38. The largest absolute Gasteiger partial charge is 0.468 e. The predicted octanol–water partition coefficient (Wildman–Crippen LogP) is 0.183. The number of benzene rings is 1. The minimum Gasteiger partial charge on any atom is -0.468 e. The standard InChI is InChI=1S/C16H21N5O3/c1-20-10-11(9-14(20)16(23)24-2)17-15(22)7-8-21-13-6-4-3-5-12(13)18-19-21/h3-6,11,14H,7-10H2,1-2H3,(H,17,22)/t11-,14+/m1/s1. The number of rotatable bonds is 5. The van der Waals surface area contributed by atoms with Gasteiger partial charge in [0, 0.05) is 19.0 Å². The summed E-state index contributed by atoms with van der Waals surface area (Å²) >= 11 is 0. The van der Waals surface area contributed by atoms with Crippen LogP contribution in [0.5, 0.6) is 0 Å². The quantitative estimate of drug-likeness (QED) is 0.787. The van der Waals surface area contributed by atoms with E-state index in [4.69, 9.17) is 4.74 Å². The first-order valence-electron chi connectivity index (χ1n) is 7.94. The van der Waals surface area contributed by atoms with E-state index in [9.17, 15) is 9.59 Å². The van der Waals surface area contributed by atoms with Gasteiger partial charge in [0.2, 0.25) is 5.91 Å². The molecular weight excluding hydrogens is 310 g/mol. The van der Waals surface area contributed by atoms with Crippen molar-refractivity contribution in [3.63, 3.8) is 0 Å². The molecule has 2 atom stereocenters. The fourth-order valence-corrected chi connectivity index (χ4v) is 3.11. The number of methoxy groups -OCH3 is 1. The molecule has 1 N–H and O–H groups in total. The molecule has 0 spiro atoms. The number of likely N-dealkylation sites (N-methyl/N-ethyl adjacent to an activating group) is 1. The van der Waals surface area contributed by atoms with Gasteiger partial charge in [0.05, 0.1) is 19.2 Å². The minimum atomic E-state index is -0.292. The summed E-state index contributed by atoms with van der Waals surface area (Å²) in [5, 5.41) is 11.1. The molecule has 2 aromatic rings. The number of nitrogens with one attached hydrogen (secondary N) is 1. The highest BCUT2D eigenvalue weighted by Crippen LogP contribution is 2.17. The van der Waals surface area contributed by atoms with Gasteiger partial charge in [-0.25, -0.2) is 4.68 Å². The molecule has 8 heteroatoms. The number of hydrogen-bond acceptors (Lipinski definition) is 6. The van der Waals surface area contributed by atoms with Crippen LogP contribution in [0.2, 0.25) is 0 Å². The van der Waals surface area contributed by atoms with Crippen molar-refractivity contribution >= 4 is 22.9 Å². The van der Waals surface area contributed by atoms with E-state index in [1.54, 1.807) is 4.68 Å². The van der Waals surface area contributed by atoms with E-state index in [0.29, 0.717) is 25.9 Å². The van der Waals surface area contributed by atoms with E-state index in [1.807, 2.05) is 36.2 Å². The number of esters is 1. The number of aromatic nitrogens is 3. The zero-order chi connectivity index (χ0) is 17.1. The van der Waals surface area contributed by atoms with E-state index >= 15 is 0 Å². The highest BCUT2D eigenvalue weighted by Gasteiger charge is 2.35. The Morgan fingerprint density at radius 3 is 2.96 bits per heavy atom. The summed E-state index contributed by atoms with van der Waals surface area (Å²) in [4.78, 5) is 25.7. The lowest BCUT2D eigenvalue weighted by Crippen LogP contribution is -2.36. The molecule has 3 rings (SSSR count). The molecule has 0 unspecified atom stereocenters. The number of likely N-dealkylation sites (tertiary alicyclic amines) is 1. The molecule has 0 saturated carbocycles. The van der Waals surface area contributed by atoms with Crippen molar-refractivity contribution in [3.8, 4) is 0 Å². The molecular formula is C16H21N5O3. The van der Waals surface area contributed by atoms with Crippen molar-refractivity contribution in [2.24, 2.45) is 0 Å². The average Bonchev–Trinajstić information content (AvgIpc) is 3.15. The van der Waals surface area contributed by atoms with Gasteiger partial charge in [-0.05, 0) is 25.6 Å². The number of nitrogens with zero attached hydrogens (tertiary/aromatic N) is 4. The molecule has 1 aromatic carbocycles. The first kappa shape index (κ1) is 16.4.